The molecule has 0 radical (unpaired) electrons. The van der Waals surface area contributed by atoms with E-state index in [1.807, 2.05) is 36.4 Å². The zero-order chi connectivity index (χ0) is 15.8. The fraction of sp³-hybridized carbons (Fsp3) is 0.0556. The summed E-state index contributed by atoms with van der Waals surface area (Å²) in [7, 11) is 0. The number of phenolic OH excluding ortho intramolecular Hbond substituents is 1. The molecule has 0 fully saturated rings. The molecule has 0 saturated heterocycles. The van der Waals surface area contributed by atoms with Crippen molar-refractivity contribution in [3.63, 3.8) is 0 Å². The number of thiazole rings is 1. The molecule has 4 aromatic rings. The molecule has 112 valence electrons. The van der Waals surface area contributed by atoms with E-state index in [0.717, 1.165) is 21.0 Å². The third-order valence-corrected chi connectivity index (χ3v) is 4.56. The summed E-state index contributed by atoms with van der Waals surface area (Å²) >= 11 is 1.52. The number of aromatic hydroxyl groups is 1. The zero-order valence-electron chi connectivity index (χ0n) is 12.4. The minimum Gasteiger partial charge on any atom is -0.507 e. The first-order valence-corrected chi connectivity index (χ1v) is 8.02. The molecule has 0 aliphatic rings. The average molecular weight is 319 g/mol. The molecule has 5 heteroatoms. The SMILES string of the molecule is Cc1ccc2nc(N=Nc3ccc(O)c4ccccc34)sc2c1. The molecule has 0 saturated carbocycles. The number of benzene rings is 3. The molecule has 0 bridgehead atoms. The van der Waals surface area contributed by atoms with E-state index in [0.29, 0.717) is 10.8 Å². The second-order valence-electron chi connectivity index (χ2n) is 5.32. The molecule has 0 atom stereocenters. The second kappa shape index (κ2) is 5.44. The van der Waals surface area contributed by atoms with Crippen molar-refractivity contribution in [2.45, 2.75) is 6.92 Å². The van der Waals surface area contributed by atoms with Crippen LogP contribution in [-0.4, -0.2) is 10.1 Å². The number of aryl methyl sites for hydroxylation is 1. The third kappa shape index (κ3) is 2.55. The summed E-state index contributed by atoms with van der Waals surface area (Å²) in [4.78, 5) is 4.48. The van der Waals surface area contributed by atoms with Crippen molar-refractivity contribution in [1.82, 2.24) is 4.98 Å². The van der Waals surface area contributed by atoms with E-state index >= 15 is 0 Å². The van der Waals surface area contributed by atoms with Gasteiger partial charge in [-0.3, -0.25) is 0 Å². The second-order valence-corrected chi connectivity index (χ2v) is 6.33. The van der Waals surface area contributed by atoms with Gasteiger partial charge in [0, 0.05) is 10.8 Å². The first kappa shape index (κ1) is 13.8. The summed E-state index contributed by atoms with van der Waals surface area (Å²) in [6.07, 6.45) is 0. The van der Waals surface area contributed by atoms with Gasteiger partial charge in [0.05, 0.1) is 15.9 Å². The number of hydrogen-bond donors (Lipinski definition) is 1. The Bertz CT molecular complexity index is 1050. The van der Waals surface area contributed by atoms with Gasteiger partial charge in [0.1, 0.15) is 5.75 Å². The molecule has 1 aromatic heterocycles. The summed E-state index contributed by atoms with van der Waals surface area (Å²) in [5, 5.41) is 20.8. The van der Waals surface area contributed by atoms with Crippen LogP contribution in [0.4, 0.5) is 10.8 Å². The summed E-state index contributed by atoms with van der Waals surface area (Å²) in [5.41, 5.74) is 2.85. The Labute approximate surface area is 136 Å². The van der Waals surface area contributed by atoms with Gasteiger partial charge >= 0.3 is 0 Å². The van der Waals surface area contributed by atoms with Crippen LogP contribution in [0.5, 0.6) is 5.75 Å². The molecular weight excluding hydrogens is 306 g/mol. The molecule has 3 aromatic carbocycles. The number of hydrogen-bond acceptors (Lipinski definition) is 5. The predicted molar refractivity (Wildman–Crippen MR) is 94.1 cm³/mol. The molecule has 0 aliphatic carbocycles. The van der Waals surface area contributed by atoms with E-state index in [1.165, 1.54) is 16.9 Å². The molecule has 1 N–H and O–H groups in total. The fourth-order valence-corrected chi connectivity index (χ4v) is 3.40. The maximum absolute atomic E-state index is 9.92. The lowest BCUT2D eigenvalue weighted by Crippen LogP contribution is -1.74. The molecule has 0 spiro atoms. The van der Waals surface area contributed by atoms with Crippen LogP contribution in [0, 0.1) is 6.92 Å². The maximum Gasteiger partial charge on any atom is 0.231 e. The average Bonchev–Trinajstić information content (AvgIpc) is 2.96. The topological polar surface area (TPSA) is 57.8 Å². The molecule has 0 aliphatic heterocycles. The molecule has 0 amide bonds. The van der Waals surface area contributed by atoms with Gasteiger partial charge in [-0.05, 0) is 36.8 Å². The fourth-order valence-electron chi connectivity index (χ4n) is 2.51. The Morgan fingerprint density at radius 3 is 2.65 bits per heavy atom. The van der Waals surface area contributed by atoms with Crippen molar-refractivity contribution in [3.05, 3.63) is 60.2 Å². The van der Waals surface area contributed by atoms with Gasteiger partial charge < -0.3 is 5.11 Å². The van der Waals surface area contributed by atoms with Gasteiger partial charge in [-0.15, -0.1) is 10.2 Å². The van der Waals surface area contributed by atoms with Gasteiger partial charge in [-0.2, -0.15) is 0 Å². The van der Waals surface area contributed by atoms with E-state index in [-0.39, 0.29) is 5.75 Å². The lowest BCUT2D eigenvalue weighted by atomic mass is 10.1. The van der Waals surface area contributed by atoms with Crippen LogP contribution in [0.1, 0.15) is 5.56 Å². The largest absolute Gasteiger partial charge is 0.507 e. The molecular formula is C18H13N3OS. The van der Waals surface area contributed by atoms with Crippen molar-refractivity contribution in [3.8, 4) is 5.75 Å². The smallest absolute Gasteiger partial charge is 0.231 e. The molecule has 1 heterocycles. The Morgan fingerprint density at radius 2 is 1.78 bits per heavy atom. The molecule has 4 nitrogen and oxygen atoms in total. The highest BCUT2D eigenvalue weighted by Gasteiger charge is 2.06. The number of fused-ring (bicyclic) bond motifs is 2. The Morgan fingerprint density at radius 1 is 0.957 bits per heavy atom. The van der Waals surface area contributed by atoms with Crippen LogP contribution in [0.3, 0.4) is 0 Å². The quantitative estimate of drug-likeness (QED) is 0.469. The minimum absolute atomic E-state index is 0.245. The number of nitrogens with zero attached hydrogens (tertiary/aromatic N) is 3. The molecule has 23 heavy (non-hydrogen) atoms. The van der Waals surface area contributed by atoms with Gasteiger partial charge in [-0.1, -0.05) is 41.7 Å². The van der Waals surface area contributed by atoms with Crippen molar-refractivity contribution in [1.29, 1.82) is 0 Å². The van der Waals surface area contributed by atoms with E-state index in [9.17, 15) is 5.11 Å². The summed E-state index contributed by atoms with van der Waals surface area (Å²) in [5.74, 6) is 0.245. The Balaban J connectivity index is 1.77. The lowest BCUT2D eigenvalue weighted by molar-refractivity contribution is 0.481. The first-order chi connectivity index (χ1) is 11.2. The highest BCUT2D eigenvalue weighted by atomic mass is 32.1. The molecule has 4 rings (SSSR count). The predicted octanol–water partition coefficient (Wildman–Crippen LogP) is 5.88. The Kier molecular flexibility index (Phi) is 3.28. The monoisotopic (exact) mass is 319 g/mol. The van der Waals surface area contributed by atoms with Gasteiger partial charge in [-0.25, -0.2) is 4.98 Å². The Hall–Kier alpha value is -2.79. The summed E-state index contributed by atoms with van der Waals surface area (Å²) in [6, 6.07) is 17.1. The van der Waals surface area contributed by atoms with E-state index in [1.54, 1.807) is 12.1 Å². The standard InChI is InChI=1S/C18H13N3OS/c1-11-6-7-15-17(10-11)23-18(19-15)21-20-14-8-9-16(22)13-5-3-2-4-12(13)14/h2-10,22H,1H3. The van der Waals surface area contributed by atoms with Crippen molar-refractivity contribution < 1.29 is 5.11 Å². The van der Waals surface area contributed by atoms with E-state index < -0.39 is 0 Å². The first-order valence-electron chi connectivity index (χ1n) is 7.20. The molecule has 0 unspecified atom stereocenters. The van der Waals surface area contributed by atoms with E-state index in [4.69, 9.17) is 0 Å². The van der Waals surface area contributed by atoms with Crippen LogP contribution in [0.2, 0.25) is 0 Å². The van der Waals surface area contributed by atoms with Crippen molar-refractivity contribution in [2.24, 2.45) is 10.2 Å². The lowest BCUT2D eigenvalue weighted by Gasteiger charge is -2.02. The number of azo groups is 1. The van der Waals surface area contributed by atoms with Crippen molar-refractivity contribution in [2.75, 3.05) is 0 Å². The number of phenols is 1. The number of aromatic nitrogens is 1. The normalized spacial score (nSPS) is 11.7. The van der Waals surface area contributed by atoms with Crippen LogP contribution < -0.4 is 0 Å². The van der Waals surface area contributed by atoms with Crippen LogP contribution in [0.25, 0.3) is 21.0 Å². The number of rotatable bonds is 2. The highest BCUT2D eigenvalue weighted by Crippen LogP contribution is 2.34. The zero-order valence-corrected chi connectivity index (χ0v) is 13.2. The van der Waals surface area contributed by atoms with Crippen LogP contribution >= 0.6 is 11.3 Å². The van der Waals surface area contributed by atoms with Crippen LogP contribution in [0.15, 0.2) is 64.8 Å². The van der Waals surface area contributed by atoms with E-state index in [2.05, 4.69) is 28.2 Å². The third-order valence-electron chi connectivity index (χ3n) is 3.65. The van der Waals surface area contributed by atoms with Crippen molar-refractivity contribution >= 4 is 43.1 Å². The van der Waals surface area contributed by atoms with Crippen LogP contribution in [-0.2, 0) is 0 Å². The van der Waals surface area contributed by atoms with Gasteiger partial charge in [0.25, 0.3) is 0 Å². The maximum atomic E-state index is 9.92. The summed E-state index contributed by atoms with van der Waals surface area (Å²) in [6.45, 7) is 2.06. The highest BCUT2D eigenvalue weighted by molar-refractivity contribution is 7.21. The van der Waals surface area contributed by atoms with Gasteiger partial charge in [0.15, 0.2) is 0 Å². The van der Waals surface area contributed by atoms with Gasteiger partial charge in [0.2, 0.25) is 5.13 Å². The minimum atomic E-state index is 0.245. The summed E-state index contributed by atoms with van der Waals surface area (Å²) < 4.78 is 1.11.